The van der Waals surface area contributed by atoms with Gasteiger partial charge in [-0.3, -0.25) is 0 Å². The zero-order valence-corrected chi connectivity index (χ0v) is 12.6. The van der Waals surface area contributed by atoms with Crippen molar-refractivity contribution < 1.29 is 17.7 Å². The molecule has 0 bridgehead atoms. The first-order valence-electron chi connectivity index (χ1n) is 6.70. The van der Waals surface area contributed by atoms with Crippen molar-refractivity contribution >= 4 is 11.8 Å². The third-order valence-electron chi connectivity index (χ3n) is 3.01. The predicted molar refractivity (Wildman–Crippen MR) is 80.7 cm³/mol. The van der Waals surface area contributed by atoms with Gasteiger partial charge in [-0.05, 0) is 17.7 Å². The largest absolute Gasteiger partial charge is 0.471 e. The highest BCUT2D eigenvalue weighted by molar-refractivity contribution is 7.98. The topological polar surface area (TPSA) is 38.9 Å². The smallest absolute Gasteiger partial charge is 0.329 e. The molecular formula is C16H11F3N2OS. The molecule has 0 atom stereocenters. The Morgan fingerprint density at radius 2 is 1.78 bits per heavy atom. The molecule has 0 aliphatic rings. The molecule has 0 N–H and O–H groups in total. The Bertz CT molecular complexity index is 787. The van der Waals surface area contributed by atoms with E-state index in [-0.39, 0.29) is 5.82 Å². The van der Waals surface area contributed by atoms with E-state index in [1.54, 1.807) is 30.0 Å². The van der Waals surface area contributed by atoms with E-state index in [1.807, 2.05) is 36.4 Å². The van der Waals surface area contributed by atoms with E-state index < -0.39 is 12.1 Å². The van der Waals surface area contributed by atoms with Gasteiger partial charge in [-0.25, -0.2) is 0 Å². The summed E-state index contributed by atoms with van der Waals surface area (Å²) >= 11 is 1.59. The van der Waals surface area contributed by atoms with Crippen LogP contribution < -0.4 is 0 Å². The van der Waals surface area contributed by atoms with Crippen LogP contribution in [0, 0.1) is 0 Å². The number of halogens is 3. The zero-order valence-electron chi connectivity index (χ0n) is 11.7. The van der Waals surface area contributed by atoms with Crippen LogP contribution in [0.2, 0.25) is 0 Å². The minimum atomic E-state index is -4.63. The lowest BCUT2D eigenvalue weighted by Gasteiger charge is -2.03. The molecule has 3 nitrogen and oxygen atoms in total. The quantitative estimate of drug-likeness (QED) is 0.625. The highest BCUT2D eigenvalue weighted by atomic mass is 32.2. The van der Waals surface area contributed by atoms with Crippen LogP contribution in [0.3, 0.4) is 0 Å². The molecular weight excluding hydrogens is 325 g/mol. The van der Waals surface area contributed by atoms with Crippen LogP contribution in [0.5, 0.6) is 0 Å². The summed E-state index contributed by atoms with van der Waals surface area (Å²) in [7, 11) is 0. The molecule has 0 saturated heterocycles. The number of aromatic nitrogens is 2. The second-order valence-corrected chi connectivity index (χ2v) is 5.77. The Labute approximate surface area is 134 Å². The highest BCUT2D eigenvalue weighted by Crippen LogP contribution is 2.31. The van der Waals surface area contributed by atoms with E-state index in [2.05, 4.69) is 14.7 Å². The van der Waals surface area contributed by atoms with Crippen molar-refractivity contribution in [3.8, 4) is 11.4 Å². The number of nitrogens with zero attached hydrogens (tertiary/aromatic N) is 2. The first kappa shape index (κ1) is 15.6. The van der Waals surface area contributed by atoms with Gasteiger partial charge in [0.1, 0.15) is 0 Å². The van der Waals surface area contributed by atoms with Gasteiger partial charge in [-0.1, -0.05) is 47.6 Å². The van der Waals surface area contributed by atoms with Gasteiger partial charge in [0, 0.05) is 16.2 Å². The second kappa shape index (κ2) is 6.45. The molecule has 1 aromatic heterocycles. The van der Waals surface area contributed by atoms with E-state index >= 15 is 0 Å². The minimum Gasteiger partial charge on any atom is -0.329 e. The number of alkyl halides is 3. The summed E-state index contributed by atoms with van der Waals surface area (Å²) in [5, 5.41) is 3.40. The van der Waals surface area contributed by atoms with Crippen molar-refractivity contribution in [1.29, 1.82) is 0 Å². The Balaban J connectivity index is 1.76. The third-order valence-corrected chi connectivity index (χ3v) is 4.07. The van der Waals surface area contributed by atoms with Crippen LogP contribution in [0.1, 0.15) is 11.5 Å². The average molecular weight is 336 g/mol. The van der Waals surface area contributed by atoms with E-state index in [9.17, 15) is 13.2 Å². The Morgan fingerprint density at radius 1 is 1.00 bits per heavy atom. The first-order valence-corrected chi connectivity index (χ1v) is 7.69. The molecule has 0 amide bonds. The molecule has 23 heavy (non-hydrogen) atoms. The molecule has 3 aromatic rings. The van der Waals surface area contributed by atoms with Crippen molar-refractivity contribution in [2.45, 2.75) is 16.8 Å². The maximum atomic E-state index is 12.5. The molecule has 0 saturated carbocycles. The summed E-state index contributed by atoms with van der Waals surface area (Å²) in [5.41, 5.74) is 1.66. The van der Waals surface area contributed by atoms with Gasteiger partial charge in [0.15, 0.2) is 0 Å². The van der Waals surface area contributed by atoms with Gasteiger partial charge < -0.3 is 4.52 Å². The lowest BCUT2D eigenvalue weighted by atomic mass is 10.2. The van der Waals surface area contributed by atoms with Crippen molar-refractivity contribution in [2.24, 2.45) is 0 Å². The number of benzene rings is 2. The summed E-state index contributed by atoms with van der Waals surface area (Å²) < 4.78 is 41.8. The van der Waals surface area contributed by atoms with Crippen LogP contribution >= 0.6 is 11.8 Å². The number of hydrogen-bond donors (Lipinski definition) is 0. The molecule has 0 spiro atoms. The maximum Gasteiger partial charge on any atom is 0.471 e. The lowest BCUT2D eigenvalue weighted by Crippen LogP contribution is -2.04. The van der Waals surface area contributed by atoms with Crippen molar-refractivity contribution in [3.05, 3.63) is 66.1 Å². The molecule has 0 fully saturated rings. The summed E-state index contributed by atoms with van der Waals surface area (Å²) in [5.74, 6) is -0.640. The van der Waals surface area contributed by atoms with Crippen molar-refractivity contribution in [2.75, 3.05) is 0 Å². The fourth-order valence-electron chi connectivity index (χ4n) is 1.92. The van der Waals surface area contributed by atoms with Crippen LogP contribution in [-0.4, -0.2) is 10.1 Å². The van der Waals surface area contributed by atoms with E-state index in [0.29, 0.717) is 5.56 Å². The predicted octanol–water partition coefficient (Wildman–Crippen LogP) is 5.05. The van der Waals surface area contributed by atoms with Gasteiger partial charge in [-0.15, -0.1) is 11.8 Å². The Kier molecular flexibility index (Phi) is 4.38. The van der Waals surface area contributed by atoms with Gasteiger partial charge in [0.05, 0.1) is 0 Å². The molecule has 1 heterocycles. The van der Waals surface area contributed by atoms with Crippen LogP contribution in [0.25, 0.3) is 11.4 Å². The van der Waals surface area contributed by atoms with Crippen molar-refractivity contribution in [3.63, 3.8) is 0 Å². The number of hydrogen-bond acceptors (Lipinski definition) is 4. The summed E-state index contributed by atoms with van der Waals surface area (Å²) in [6, 6.07) is 17.0. The lowest BCUT2D eigenvalue weighted by molar-refractivity contribution is -0.159. The summed E-state index contributed by atoms with van der Waals surface area (Å²) in [6.45, 7) is 0. The molecule has 0 radical (unpaired) electrons. The zero-order chi connectivity index (χ0) is 16.3. The fourth-order valence-corrected chi connectivity index (χ4v) is 2.83. The van der Waals surface area contributed by atoms with Crippen LogP contribution in [0.15, 0.2) is 64.0 Å². The van der Waals surface area contributed by atoms with E-state index in [0.717, 1.165) is 10.6 Å². The van der Waals surface area contributed by atoms with Gasteiger partial charge in [0.2, 0.25) is 5.82 Å². The Morgan fingerprint density at radius 3 is 2.48 bits per heavy atom. The van der Waals surface area contributed by atoms with Gasteiger partial charge in [0.25, 0.3) is 0 Å². The molecule has 2 aromatic carbocycles. The summed E-state index contributed by atoms with van der Waals surface area (Å²) in [4.78, 5) is 4.32. The molecule has 0 aliphatic carbocycles. The normalized spacial score (nSPS) is 11.6. The molecule has 0 aliphatic heterocycles. The Hall–Kier alpha value is -2.28. The van der Waals surface area contributed by atoms with Gasteiger partial charge >= 0.3 is 12.1 Å². The molecule has 3 rings (SSSR count). The minimum absolute atomic E-state index is 0.0699. The standard InChI is InChI=1S/C16H11F3N2OS/c17-16(18,19)15-20-14(21-22-15)12-7-4-8-13(9-12)23-10-11-5-2-1-3-6-11/h1-9H,10H2. The third kappa shape index (κ3) is 3.92. The van der Waals surface area contributed by atoms with E-state index in [4.69, 9.17) is 0 Å². The maximum absolute atomic E-state index is 12.5. The number of rotatable bonds is 4. The van der Waals surface area contributed by atoms with E-state index in [1.165, 1.54) is 5.56 Å². The highest BCUT2D eigenvalue weighted by Gasteiger charge is 2.38. The van der Waals surface area contributed by atoms with Crippen molar-refractivity contribution in [1.82, 2.24) is 10.1 Å². The molecule has 7 heteroatoms. The fraction of sp³-hybridized carbons (Fsp3) is 0.125. The second-order valence-electron chi connectivity index (χ2n) is 4.72. The number of thioether (sulfide) groups is 1. The molecule has 0 unspecified atom stereocenters. The first-order chi connectivity index (χ1) is 11.0. The molecule has 118 valence electrons. The SMILES string of the molecule is FC(F)(F)c1nc(-c2cccc(SCc3ccccc3)c2)no1. The average Bonchev–Trinajstić information content (AvgIpc) is 3.05. The summed E-state index contributed by atoms with van der Waals surface area (Å²) in [6.07, 6.45) is -4.63. The monoisotopic (exact) mass is 336 g/mol. The van der Waals surface area contributed by atoms with Crippen LogP contribution in [-0.2, 0) is 11.9 Å². The van der Waals surface area contributed by atoms with Crippen LogP contribution in [0.4, 0.5) is 13.2 Å². The van der Waals surface area contributed by atoms with Gasteiger partial charge in [-0.2, -0.15) is 18.2 Å².